The highest BCUT2D eigenvalue weighted by atomic mass is 32.1. The van der Waals surface area contributed by atoms with Crippen molar-refractivity contribution in [2.75, 3.05) is 20.3 Å². The van der Waals surface area contributed by atoms with Crippen molar-refractivity contribution in [2.24, 2.45) is 5.92 Å². The van der Waals surface area contributed by atoms with Gasteiger partial charge in [-0.2, -0.15) is 0 Å². The minimum atomic E-state index is -0.585. The van der Waals surface area contributed by atoms with Crippen LogP contribution in [0.2, 0.25) is 0 Å². The summed E-state index contributed by atoms with van der Waals surface area (Å²) in [6, 6.07) is 10.6. The summed E-state index contributed by atoms with van der Waals surface area (Å²) in [4.78, 5) is 38.5. The number of carbonyl (C=O) groups is 3. The zero-order valence-corrected chi connectivity index (χ0v) is 20.3. The monoisotopic (exact) mass is 477 g/mol. The van der Waals surface area contributed by atoms with Gasteiger partial charge in [-0.15, -0.1) is 11.3 Å². The predicted molar refractivity (Wildman–Crippen MR) is 133 cm³/mol. The lowest BCUT2D eigenvalue weighted by Gasteiger charge is -2.19. The maximum Gasteiger partial charge on any atom is 0.338 e. The van der Waals surface area contributed by atoms with Gasteiger partial charge in [0.25, 0.3) is 5.91 Å². The molecule has 1 N–H and O–H groups in total. The van der Waals surface area contributed by atoms with Crippen LogP contribution in [0.3, 0.4) is 0 Å². The number of benzene rings is 2. The van der Waals surface area contributed by atoms with E-state index in [1.165, 1.54) is 18.7 Å². The van der Waals surface area contributed by atoms with Gasteiger partial charge in [-0.25, -0.2) is 4.79 Å². The van der Waals surface area contributed by atoms with Crippen LogP contribution in [0.15, 0.2) is 41.8 Å². The topological polar surface area (TPSA) is 81.7 Å². The maximum absolute atomic E-state index is 12.7. The number of esters is 1. The van der Waals surface area contributed by atoms with E-state index in [1.54, 1.807) is 23.5 Å². The van der Waals surface area contributed by atoms with Crippen molar-refractivity contribution in [3.63, 3.8) is 0 Å². The van der Waals surface area contributed by atoms with E-state index in [1.807, 2.05) is 31.4 Å². The molecule has 1 aliphatic heterocycles. The third kappa shape index (κ3) is 4.75. The molecule has 0 bridgehead atoms. The number of aryl methyl sites for hydroxylation is 1. The number of hydrogen-bond donors (Lipinski definition) is 1. The van der Waals surface area contributed by atoms with Crippen LogP contribution < -0.4 is 10.1 Å². The summed E-state index contributed by atoms with van der Waals surface area (Å²) in [6.45, 7) is 5.09. The minimum Gasteiger partial charge on any atom is -0.493 e. The fraction of sp³-hybridized carbons (Fsp3) is 0.296. The lowest BCUT2D eigenvalue weighted by Crippen LogP contribution is -2.27. The molecule has 0 saturated heterocycles. The van der Waals surface area contributed by atoms with Crippen LogP contribution in [-0.2, 0) is 11.2 Å². The highest BCUT2D eigenvalue weighted by molar-refractivity contribution is 7.13. The van der Waals surface area contributed by atoms with E-state index >= 15 is 0 Å². The highest BCUT2D eigenvalue weighted by Gasteiger charge is 2.23. The van der Waals surface area contributed by atoms with Gasteiger partial charge in [0.05, 0.1) is 19.3 Å². The van der Waals surface area contributed by atoms with Gasteiger partial charge in [-0.05, 0) is 71.2 Å². The van der Waals surface area contributed by atoms with Crippen LogP contribution in [0.1, 0.15) is 56.9 Å². The normalized spacial score (nSPS) is 12.6. The molecule has 3 aromatic rings. The molecule has 0 aliphatic carbocycles. The van der Waals surface area contributed by atoms with Gasteiger partial charge < -0.3 is 14.8 Å². The fourth-order valence-corrected chi connectivity index (χ4v) is 5.01. The molecule has 0 fully saturated rings. The Balaban J connectivity index is 1.84. The summed E-state index contributed by atoms with van der Waals surface area (Å²) in [5.41, 5.74) is 4.18. The van der Waals surface area contributed by atoms with Gasteiger partial charge in [-0.3, -0.25) is 9.59 Å². The number of thiophene rings is 1. The molecule has 34 heavy (non-hydrogen) atoms. The first-order valence-corrected chi connectivity index (χ1v) is 12.1. The Labute approximate surface area is 202 Å². The summed E-state index contributed by atoms with van der Waals surface area (Å²) >= 11 is 1.62. The van der Waals surface area contributed by atoms with Crippen LogP contribution in [0.25, 0.3) is 21.6 Å². The molecule has 6 nitrogen and oxygen atoms in total. The highest BCUT2D eigenvalue weighted by Crippen LogP contribution is 2.42. The quantitative estimate of drug-likeness (QED) is 0.380. The van der Waals surface area contributed by atoms with E-state index in [2.05, 4.69) is 11.4 Å². The molecule has 1 aliphatic rings. The minimum absolute atomic E-state index is 0.213. The first-order valence-electron chi connectivity index (χ1n) is 11.3. The second-order valence-electron chi connectivity index (χ2n) is 8.64. The first kappa shape index (κ1) is 23.7. The Morgan fingerprint density at radius 3 is 2.71 bits per heavy atom. The van der Waals surface area contributed by atoms with Crippen molar-refractivity contribution >= 4 is 29.5 Å². The standard InChI is InChI=1S/C27H27NO5S/c1-16(2)14-28-26(30)18-6-7-20(22(11-18)27(31)32-3)21-13-24-23(12-19(21)15-29)25-17(8-10-34-25)5-4-9-33-24/h6-8,10-13,15-16H,4-5,9,14H2,1-3H3,(H,28,30). The average molecular weight is 478 g/mol. The lowest BCUT2D eigenvalue weighted by atomic mass is 9.91. The van der Waals surface area contributed by atoms with Gasteiger partial charge in [0.15, 0.2) is 6.29 Å². The molecule has 1 aromatic heterocycles. The summed E-state index contributed by atoms with van der Waals surface area (Å²) in [7, 11) is 1.29. The Morgan fingerprint density at radius 1 is 1.15 bits per heavy atom. The van der Waals surface area contributed by atoms with E-state index < -0.39 is 5.97 Å². The van der Waals surface area contributed by atoms with Crippen molar-refractivity contribution in [1.29, 1.82) is 0 Å². The number of rotatable bonds is 6. The average Bonchev–Trinajstić information content (AvgIpc) is 3.30. The van der Waals surface area contributed by atoms with Gasteiger partial charge in [-0.1, -0.05) is 19.9 Å². The zero-order valence-electron chi connectivity index (χ0n) is 19.5. The number of ether oxygens (including phenoxy) is 2. The summed E-state index contributed by atoms with van der Waals surface area (Å²) in [5.74, 6) is 0.107. The Bertz CT molecular complexity index is 1240. The van der Waals surface area contributed by atoms with Gasteiger partial charge >= 0.3 is 5.97 Å². The molecule has 0 spiro atoms. The second kappa shape index (κ2) is 10.2. The molecular weight excluding hydrogens is 450 g/mol. The largest absolute Gasteiger partial charge is 0.493 e. The van der Waals surface area contributed by atoms with E-state index in [0.29, 0.717) is 47.1 Å². The molecule has 0 atom stereocenters. The van der Waals surface area contributed by atoms with Gasteiger partial charge in [0, 0.05) is 28.1 Å². The van der Waals surface area contributed by atoms with Crippen LogP contribution in [-0.4, -0.2) is 38.4 Å². The number of carbonyl (C=O) groups excluding carboxylic acids is 3. The predicted octanol–water partition coefficient (Wildman–Crippen LogP) is 5.39. The fourth-order valence-electron chi connectivity index (χ4n) is 4.04. The number of nitrogens with one attached hydrogen (secondary N) is 1. The van der Waals surface area contributed by atoms with Crippen molar-refractivity contribution in [3.8, 4) is 27.3 Å². The Kier molecular flexibility index (Phi) is 7.12. The van der Waals surface area contributed by atoms with Crippen LogP contribution >= 0.6 is 11.3 Å². The molecule has 7 heteroatoms. The van der Waals surface area contributed by atoms with Crippen molar-refractivity contribution < 1.29 is 23.9 Å². The molecular formula is C27H27NO5S. The van der Waals surface area contributed by atoms with Gasteiger partial charge in [0.2, 0.25) is 0 Å². The van der Waals surface area contributed by atoms with Crippen LogP contribution in [0.4, 0.5) is 0 Å². The second-order valence-corrected chi connectivity index (χ2v) is 9.55. The Hall–Kier alpha value is -3.45. The van der Waals surface area contributed by atoms with E-state index in [-0.39, 0.29) is 11.5 Å². The molecule has 1 amide bonds. The third-order valence-electron chi connectivity index (χ3n) is 5.77. The van der Waals surface area contributed by atoms with E-state index in [4.69, 9.17) is 9.47 Å². The van der Waals surface area contributed by atoms with E-state index in [0.717, 1.165) is 29.6 Å². The van der Waals surface area contributed by atoms with Crippen molar-refractivity contribution in [1.82, 2.24) is 5.32 Å². The lowest BCUT2D eigenvalue weighted by molar-refractivity contribution is 0.0601. The number of fused-ring (bicyclic) bond motifs is 3. The molecule has 2 aromatic carbocycles. The zero-order chi connectivity index (χ0) is 24.2. The number of aldehydes is 1. The first-order chi connectivity index (χ1) is 16.4. The smallest absolute Gasteiger partial charge is 0.338 e. The number of amides is 1. The molecule has 0 unspecified atom stereocenters. The maximum atomic E-state index is 12.7. The number of methoxy groups -OCH3 is 1. The molecule has 4 rings (SSSR count). The molecule has 176 valence electrons. The molecule has 0 radical (unpaired) electrons. The third-order valence-corrected chi connectivity index (χ3v) is 6.76. The molecule has 0 saturated carbocycles. The van der Waals surface area contributed by atoms with Crippen molar-refractivity contribution in [3.05, 3.63) is 64.0 Å². The van der Waals surface area contributed by atoms with Crippen molar-refractivity contribution in [2.45, 2.75) is 26.7 Å². The van der Waals surface area contributed by atoms with Gasteiger partial charge in [0.1, 0.15) is 5.75 Å². The summed E-state index contributed by atoms with van der Waals surface area (Å²) in [5, 5.41) is 4.91. The Morgan fingerprint density at radius 2 is 1.97 bits per heavy atom. The SMILES string of the molecule is COC(=O)c1cc(C(=O)NCC(C)C)ccc1-c1cc2c(cc1C=O)-c1sccc1CCCO2. The summed E-state index contributed by atoms with van der Waals surface area (Å²) in [6.07, 6.45) is 2.59. The summed E-state index contributed by atoms with van der Waals surface area (Å²) < 4.78 is 11.1. The van der Waals surface area contributed by atoms with Crippen LogP contribution in [0, 0.1) is 5.92 Å². The van der Waals surface area contributed by atoms with Crippen LogP contribution in [0.5, 0.6) is 5.75 Å². The molecule has 2 heterocycles. The number of hydrogen-bond acceptors (Lipinski definition) is 6. The van der Waals surface area contributed by atoms with E-state index in [9.17, 15) is 14.4 Å².